The third kappa shape index (κ3) is 3.63. The molecule has 0 aliphatic heterocycles. The average Bonchev–Trinajstić information content (AvgIpc) is 2.39. The maximum absolute atomic E-state index is 9.61. The third-order valence-electron chi connectivity index (χ3n) is 2.28. The van der Waals surface area contributed by atoms with Crippen LogP contribution < -0.4 is 5.43 Å². The number of benzene rings is 1. The second-order valence-corrected chi connectivity index (χ2v) is 6.20. The van der Waals surface area contributed by atoms with E-state index in [1.54, 1.807) is 18.3 Å². The Labute approximate surface area is 142 Å². The molecule has 0 unspecified atom stereocenters. The van der Waals surface area contributed by atoms with E-state index in [4.69, 9.17) is 23.2 Å². The first-order valence-corrected chi connectivity index (χ1v) is 7.59. The fourth-order valence-electron chi connectivity index (χ4n) is 1.35. The second-order valence-electron chi connectivity index (χ2n) is 3.68. The van der Waals surface area contributed by atoms with E-state index in [2.05, 4.69) is 47.4 Å². The van der Waals surface area contributed by atoms with Crippen molar-refractivity contribution in [3.63, 3.8) is 0 Å². The largest absolute Gasteiger partial charge is 0.506 e. The topological polar surface area (TPSA) is 57.5 Å². The Morgan fingerprint density at radius 1 is 1.15 bits per heavy atom. The number of nitrogens with zero attached hydrogens (tertiary/aromatic N) is 2. The predicted octanol–water partition coefficient (Wildman–Crippen LogP) is 5.07. The highest BCUT2D eigenvalue weighted by Gasteiger charge is 2.06. The van der Waals surface area contributed by atoms with E-state index in [1.807, 2.05) is 0 Å². The molecule has 0 aliphatic carbocycles. The molecule has 0 fully saturated rings. The van der Waals surface area contributed by atoms with Gasteiger partial charge in [0.2, 0.25) is 0 Å². The van der Waals surface area contributed by atoms with Crippen LogP contribution in [0.1, 0.15) is 5.56 Å². The molecule has 104 valence electrons. The molecule has 1 aromatic carbocycles. The van der Waals surface area contributed by atoms with Gasteiger partial charge in [-0.15, -0.1) is 0 Å². The Bertz CT molecular complexity index is 636. The molecule has 20 heavy (non-hydrogen) atoms. The van der Waals surface area contributed by atoms with E-state index in [0.29, 0.717) is 24.7 Å². The summed E-state index contributed by atoms with van der Waals surface area (Å²) < 4.78 is 1.13. The summed E-state index contributed by atoms with van der Waals surface area (Å²) >= 11 is 18.4. The van der Waals surface area contributed by atoms with Gasteiger partial charge in [-0.25, -0.2) is 0 Å². The van der Waals surface area contributed by atoms with Crippen LogP contribution in [0, 0.1) is 0 Å². The lowest BCUT2D eigenvalue weighted by atomic mass is 10.2. The lowest BCUT2D eigenvalue weighted by Crippen LogP contribution is -1.93. The first-order valence-electron chi connectivity index (χ1n) is 5.25. The SMILES string of the molecule is Oc1c(Br)cc(/C=N\Nc2c(Cl)cncc2Cl)cc1Br. The average molecular weight is 440 g/mol. The van der Waals surface area contributed by atoms with Crippen molar-refractivity contribution in [1.82, 2.24) is 4.98 Å². The Kier molecular flexibility index (Phi) is 5.26. The number of pyridine rings is 1. The predicted molar refractivity (Wildman–Crippen MR) is 89.0 cm³/mol. The zero-order chi connectivity index (χ0) is 14.7. The van der Waals surface area contributed by atoms with Crippen LogP contribution in [0.5, 0.6) is 5.75 Å². The summed E-state index contributed by atoms with van der Waals surface area (Å²) in [4.78, 5) is 3.85. The molecule has 8 heteroatoms. The van der Waals surface area contributed by atoms with Gasteiger partial charge >= 0.3 is 0 Å². The van der Waals surface area contributed by atoms with Gasteiger partial charge in [-0.05, 0) is 49.6 Å². The highest BCUT2D eigenvalue weighted by atomic mass is 79.9. The van der Waals surface area contributed by atoms with Crippen molar-refractivity contribution in [3.8, 4) is 5.75 Å². The molecular weight excluding hydrogens is 433 g/mol. The van der Waals surface area contributed by atoms with Crippen LogP contribution in [0.15, 0.2) is 38.6 Å². The normalized spacial score (nSPS) is 11.0. The van der Waals surface area contributed by atoms with E-state index in [9.17, 15) is 5.11 Å². The van der Waals surface area contributed by atoms with Crippen molar-refractivity contribution in [2.45, 2.75) is 0 Å². The fourth-order valence-corrected chi connectivity index (χ4v) is 3.02. The number of rotatable bonds is 3. The second kappa shape index (κ2) is 6.76. The van der Waals surface area contributed by atoms with Gasteiger partial charge in [-0.3, -0.25) is 10.4 Å². The molecule has 4 nitrogen and oxygen atoms in total. The third-order valence-corrected chi connectivity index (χ3v) is 4.06. The molecule has 0 saturated heterocycles. The maximum Gasteiger partial charge on any atom is 0.143 e. The maximum atomic E-state index is 9.61. The van der Waals surface area contributed by atoms with E-state index in [1.165, 1.54) is 12.4 Å². The summed E-state index contributed by atoms with van der Waals surface area (Å²) in [5.74, 6) is 0.135. The number of aromatic hydroxyl groups is 1. The van der Waals surface area contributed by atoms with Crippen LogP contribution in [-0.2, 0) is 0 Å². The van der Waals surface area contributed by atoms with Gasteiger partial charge in [0.15, 0.2) is 0 Å². The number of hydrazone groups is 1. The molecule has 0 radical (unpaired) electrons. The van der Waals surface area contributed by atoms with Crippen molar-refractivity contribution in [2.75, 3.05) is 5.43 Å². The summed E-state index contributed by atoms with van der Waals surface area (Å²) in [5.41, 5.74) is 4.01. The van der Waals surface area contributed by atoms with Crippen LogP contribution in [-0.4, -0.2) is 16.3 Å². The lowest BCUT2D eigenvalue weighted by molar-refractivity contribution is 0.468. The van der Waals surface area contributed by atoms with E-state index in [-0.39, 0.29) is 5.75 Å². The first-order chi connectivity index (χ1) is 9.49. The Balaban J connectivity index is 2.19. The molecule has 1 heterocycles. The van der Waals surface area contributed by atoms with E-state index >= 15 is 0 Å². The highest BCUT2D eigenvalue weighted by Crippen LogP contribution is 2.33. The number of nitrogens with one attached hydrogen (secondary N) is 1. The molecule has 0 saturated carbocycles. The molecule has 2 rings (SSSR count). The summed E-state index contributed by atoms with van der Waals surface area (Å²) in [7, 11) is 0. The zero-order valence-corrected chi connectivity index (χ0v) is 14.4. The molecule has 1 aromatic heterocycles. The summed E-state index contributed by atoms with van der Waals surface area (Å²) in [6, 6.07) is 3.45. The number of phenols is 1. The van der Waals surface area contributed by atoms with Gasteiger partial charge in [0.05, 0.1) is 30.9 Å². The Morgan fingerprint density at radius 2 is 1.70 bits per heavy atom. The highest BCUT2D eigenvalue weighted by molar-refractivity contribution is 9.11. The van der Waals surface area contributed by atoms with Crippen LogP contribution >= 0.6 is 55.1 Å². The van der Waals surface area contributed by atoms with Gasteiger partial charge in [0.1, 0.15) is 5.75 Å². The molecule has 0 aliphatic rings. The van der Waals surface area contributed by atoms with Crippen LogP contribution in [0.25, 0.3) is 0 Å². The smallest absolute Gasteiger partial charge is 0.143 e. The summed E-state index contributed by atoms with van der Waals surface area (Å²) in [5, 5.41) is 14.4. The van der Waals surface area contributed by atoms with Crippen LogP contribution in [0.3, 0.4) is 0 Å². The van der Waals surface area contributed by atoms with Crippen LogP contribution in [0.2, 0.25) is 10.0 Å². The molecule has 2 aromatic rings. The van der Waals surface area contributed by atoms with Gasteiger partial charge in [0.25, 0.3) is 0 Å². The van der Waals surface area contributed by atoms with Gasteiger partial charge in [-0.2, -0.15) is 5.10 Å². The fraction of sp³-hybridized carbons (Fsp3) is 0. The number of anilines is 1. The standard InChI is InChI=1S/C12H7Br2Cl2N3O/c13-7-1-6(2-8(14)12(7)20)3-18-19-11-9(15)4-17-5-10(11)16/h1-5,20H,(H,17,19)/b18-3-. The quantitative estimate of drug-likeness (QED) is 0.519. The molecule has 0 spiro atoms. The Morgan fingerprint density at radius 3 is 2.25 bits per heavy atom. The number of hydrogen-bond donors (Lipinski definition) is 2. The lowest BCUT2D eigenvalue weighted by Gasteiger charge is -2.05. The summed E-state index contributed by atoms with van der Waals surface area (Å²) in [6.07, 6.45) is 4.51. The minimum Gasteiger partial charge on any atom is -0.506 e. The number of hydrogen-bond acceptors (Lipinski definition) is 4. The monoisotopic (exact) mass is 437 g/mol. The molecular formula is C12H7Br2Cl2N3O. The molecule has 2 N–H and O–H groups in total. The first kappa shape index (κ1) is 15.6. The number of halogens is 4. The molecule has 0 amide bonds. The molecule has 0 bridgehead atoms. The van der Waals surface area contributed by atoms with E-state index in [0.717, 1.165) is 5.56 Å². The van der Waals surface area contributed by atoms with Crippen molar-refractivity contribution < 1.29 is 5.11 Å². The van der Waals surface area contributed by atoms with Gasteiger partial charge in [0, 0.05) is 12.4 Å². The minimum absolute atomic E-state index is 0.135. The van der Waals surface area contributed by atoms with Gasteiger partial charge < -0.3 is 5.11 Å². The van der Waals surface area contributed by atoms with E-state index < -0.39 is 0 Å². The summed E-state index contributed by atoms with van der Waals surface area (Å²) in [6.45, 7) is 0. The zero-order valence-electron chi connectivity index (χ0n) is 9.74. The van der Waals surface area contributed by atoms with Gasteiger partial charge in [-0.1, -0.05) is 23.2 Å². The van der Waals surface area contributed by atoms with Crippen molar-refractivity contribution in [3.05, 3.63) is 49.1 Å². The number of aromatic nitrogens is 1. The van der Waals surface area contributed by atoms with Crippen molar-refractivity contribution >= 4 is 67.0 Å². The molecule has 0 atom stereocenters. The van der Waals surface area contributed by atoms with Crippen molar-refractivity contribution in [1.29, 1.82) is 0 Å². The number of phenolic OH excluding ortho intramolecular Hbond substituents is 1. The van der Waals surface area contributed by atoms with Crippen LogP contribution in [0.4, 0.5) is 5.69 Å². The van der Waals surface area contributed by atoms with Crippen molar-refractivity contribution in [2.24, 2.45) is 5.10 Å². The minimum atomic E-state index is 0.135. The Hall–Kier alpha value is -0.820.